The van der Waals surface area contributed by atoms with Crippen LogP contribution in [0.25, 0.3) is 0 Å². The van der Waals surface area contributed by atoms with Crippen molar-refractivity contribution in [3.63, 3.8) is 0 Å². The summed E-state index contributed by atoms with van der Waals surface area (Å²) < 4.78 is 27.7. The van der Waals surface area contributed by atoms with Crippen molar-refractivity contribution in [3.05, 3.63) is 20.8 Å². The molecule has 1 aromatic rings. The molecule has 0 saturated carbocycles. The van der Waals surface area contributed by atoms with E-state index in [1.807, 2.05) is 4.90 Å². The molecular formula is C10H13BrF2N4O2. The van der Waals surface area contributed by atoms with E-state index in [9.17, 15) is 18.9 Å². The zero-order valence-electron chi connectivity index (χ0n) is 10.1. The molecule has 0 unspecified atom stereocenters. The van der Waals surface area contributed by atoms with Gasteiger partial charge in [-0.15, -0.1) is 0 Å². The van der Waals surface area contributed by atoms with Crippen molar-refractivity contribution >= 4 is 21.7 Å². The van der Waals surface area contributed by atoms with Gasteiger partial charge in [0.1, 0.15) is 4.47 Å². The molecule has 0 atom stereocenters. The minimum Gasteiger partial charge on any atom is -0.358 e. The van der Waals surface area contributed by atoms with Crippen LogP contribution in [0.4, 0.5) is 14.6 Å². The van der Waals surface area contributed by atoms with E-state index in [0.29, 0.717) is 30.7 Å². The summed E-state index contributed by atoms with van der Waals surface area (Å²) in [6.07, 6.45) is 1.27. The molecule has 1 fully saturated rings. The topological polar surface area (TPSA) is 64.2 Å². The molecule has 1 saturated heterocycles. The molecule has 19 heavy (non-hydrogen) atoms. The monoisotopic (exact) mass is 338 g/mol. The third kappa shape index (κ3) is 3.69. The van der Waals surface area contributed by atoms with Crippen molar-refractivity contribution < 1.29 is 13.7 Å². The summed E-state index contributed by atoms with van der Waals surface area (Å²) >= 11 is 3.06. The molecule has 6 nitrogen and oxygen atoms in total. The minimum atomic E-state index is -2.55. The molecule has 2 heterocycles. The third-order valence-electron chi connectivity index (χ3n) is 3.10. The van der Waals surface area contributed by atoms with E-state index in [4.69, 9.17) is 0 Å². The largest absolute Gasteiger partial charge is 0.404 e. The van der Waals surface area contributed by atoms with Gasteiger partial charge in [-0.3, -0.25) is 0 Å². The summed E-state index contributed by atoms with van der Waals surface area (Å²) in [7, 11) is 0. The fourth-order valence-corrected chi connectivity index (χ4v) is 2.43. The molecule has 1 aliphatic heterocycles. The standard InChI is InChI=1S/C10H13BrF2N4O2/c11-8-7-16(14-9(8)17(18)19)6-5-15-3-1-10(12,13)2-4-15/h7H,1-6H2. The smallest absolute Gasteiger partial charge is 0.358 e. The Morgan fingerprint density at radius 2 is 2.05 bits per heavy atom. The number of aromatic nitrogens is 2. The molecule has 1 aromatic heterocycles. The zero-order chi connectivity index (χ0) is 14.0. The Bertz CT molecular complexity index is 470. The highest BCUT2D eigenvalue weighted by atomic mass is 79.9. The van der Waals surface area contributed by atoms with Crippen LogP contribution in [-0.4, -0.2) is 45.2 Å². The number of alkyl halides is 2. The van der Waals surface area contributed by atoms with Crippen LogP contribution in [-0.2, 0) is 6.54 Å². The number of halogens is 3. The van der Waals surface area contributed by atoms with E-state index >= 15 is 0 Å². The van der Waals surface area contributed by atoms with Gasteiger partial charge in [0.25, 0.3) is 5.92 Å². The first-order valence-electron chi connectivity index (χ1n) is 5.85. The van der Waals surface area contributed by atoms with Crippen LogP contribution in [0, 0.1) is 10.1 Å². The van der Waals surface area contributed by atoms with Crippen molar-refractivity contribution in [3.8, 4) is 0 Å². The second-order valence-corrected chi connectivity index (χ2v) is 5.37. The molecule has 9 heteroatoms. The number of hydrogen-bond donors (Lipinski definition) is 0. The average molecular weight is 339 g/mol. The fourth-order valence-electron chi connectivity index (χ4n) is 1.97. The van der Waals surface area contributed by atoms with Crippen LogP contribution < -0.4 is 0 Å². The lowest BCUT2D eigenvalue weighted by Gasteiger charge is -2.31. The van der Waals surface area contributed by atoms with Crippen LogP contribution >= 0.6 is 15.9 Å². The number of likely N-dealkylation sites (tertiary alicyclic amines) is 1. The SMILES string of the molecule is O=[N+]([O-])c1nn(CCN2CCC(F)(F)CC2)cc1Br. The van der Waals surface area contributed by atoms with Gasteiger partial charge in [0.05, 0.1) is 17.8 Å². The second kappa shape index (κ2) is 5.49. The first kappa shape index (κ1) is 14.3. The normalized spacial score (nSPS) is 19.5. The van der Waals surface area contributed by atoms with Crippen molar-refractivity contribution in [2.75, 3.05) is 19.6 Å². The molecule has 0 spiro atoms. The Labute approximate surface area is 116 Å². The van der Waals surface area contributed by atoms with Crippen LogP contribution in [0.3, 0.4) is 0 Å². The molecule has 0 aromatic carbocycles. The lowest BCUT2D eigenvalue weighted by Crippen LogP contribution is -2.40. The summed E-state index contributed by atoms with van der Waals surface area (Å²) in [5.74, 6) is -2.78. The van der Waals surface area contributed by atoms with E-state index < -0.39 is 10.8 Å². The van der Waals surface area contributed by atoms with Crippen molar-refractivity contribution in [1.29, 1.82) is 0 Å². The van der Waals surface area contributed by atoms with Crippen molar-refractivity contribution in [2.24, 2.45) is 0 Å². The number of hydrogen-bond acceptors (Lipinski definition) is 4. The van der Waals surface area contributed by atoms with Gasteiger partial charge in [0, 0.05) is 32.5 Å². The van der Waals surface area contributed by atoms with E-state index in [1.165, 1.54) is 10.9 Å². The maximum Gasteiger partial charge on any atom is 0.404 e. The van der Waals surface area contributed by atoms with Crippen molar-refractivity contribution in [1.82, 2.24) is 14.7 Å². The number of rotatable bonds is 4. The predicted molar refractivity (Wildman–Crippen MR) is 67.2 cm³/mol. The summed E-state index contributed by atoms with van der Waals surface area (Å²) in [5, 5.41) is 14.4. The van der Waals surface area contributed by atoms with Crippen LogP contribution in [0.2, 0.25) is 0 Å². The summed E-state index contributed by atoms with van der Waals surface area (Å²) in [5.41, 5.74) is 0. The van der Waals surface area contributed by atoms with Gasteiger partial charge in [-0.25, -0.2) is 8.78 Å². The average Bonchev–Trinajstić information content (AvgIpc) is 2.69. The lowest BCUT2D eigenvalue weighted by atomic mass is 10.1. The van der Waals surface area contributed by atoms with Gasteiger partial charge in [-0.2, -0.15) is 4.68 Å². The van der Waals surface area contributed by atoms with Gasteiger partial charge in [0.15, 0.2) is 0 Å². The molecular weight excluding hydrogens is 326 g/mol. The van der Waals surface area contributed by atoms with E-state index in [2.05, 4.69) is 21.0 Å². The Morgan fingerprint density at radius 3 is 2.58 bits per heavy atom. The van der Waals surface area contributed by atoms with Crippen LogP contribution in [0.15, 0.2) is 10.7 Å². The lowest BCUT2D eigenvalue weighted by molar-refractivity contribution is -0.390. The third-order valence-corrected chi connectivity index (χ3v) is 3.66. The Morgan fingerprint density at radius 1 is 1.42 bits per heavy atom. The summed E-state index contributed by atoms with van der Waals surface area (Å²) in [6, 6.07) is 0. The summed E-state index contributed by atoms with van der Waals surface area (Å²) in [6.45, 7) is 1.69. The highest BCUT2D eigenvalue weighted by molar-refractivity contribution is 9.10. The minimum absolute atomic E-state index is 0.129. The Hall–Kier alpha value is -1.09. The van der Waals surface area contributed by atoms with Crippen LogP contribution in [0.5, 0.6) is 0 Å². The van der Waals surface area contributed by atoms with Gasteiger partial charge in [-0.1, -0.05) is 0 Å². The molecule has 0 radical (unpaired) electrons. The highest BCUT2D eigenvalue weighted by Gasteiger charge is 2.33. The Kier molecular flexibility index (Phi) is 4.14. The first-order valence-corrected chi connectivity index (χ1v) is 6.64. The second-order valence-electron chi connectivity index (χ2n) is 4.52. The van der Waals surface area contributed by atoms with Gasteiger partial charge < -0.3 is 15.0 Å². The predicted octanol–water partition coefficient (Wildman–Crippen LogP) is 2.28. The molecule has 0 aliphatic carbocycles. The summed E-state index contributed by atoms with van der Waals surface area (Å²) in [4.78, 5) is 12.0. The first-order chi connectivity index (χ1) is 8.87. The number of nitro groups is 1. The van der Waals surface area contributed by atoms with E-state index in [1.54, 1.807) is 0 Å². The van der Waals surface area contributed by atoms with Crippen LogP contribution in [0.1, 0.15) is 12.8 Å². The zero-order valence-corrected chi connectivity index (χ0v) is 11.6. The van der Waals surface area contributed by atoms with Gasteiger partial charge in [-0.05, 0) is 20.9 Å². The quantitative estimate of drug-likeness (QED) is 0.624. The van der Waals surface area contributed by atoms with Gasteiger partial charge in [0.2, 0.25) is 0 Å². The molecule has 0 amide bonds. The molecule has 0 bridgehead atoms. The maximum absolute atomic E-state index is 13.0. The maximum atomic E-state index is 13.0. The van der Waals surface area contributed by atoms with Crippen molar-refractivity contribution in [2.45, 2.75) is 25.3 Å². The molecule has 0 N–H and O–H groups in total. The van der Waals surface area contributed by atoms with E-state index in [-0.39, 0.29) is 18.7 Å². The Balaban J connectivity index is 1.86. The number of piperidine rings is 1. The molecule has 106 valence electrons. The van der Waals surface area contributed by atoms with E-state index in [0.717, 1.165) is 0 Å². The number of nitrogens with zero attached hydrogens (tertiary/aromatic N) is 4. The molecule has 1 aliphatic rings. The molecule has 2 rings (SSSR count). The highest BCUT2D eigenvalue weighted by Crippen LogP contribution is 2.27. The van der Waals surface area contributed by atoms with Gasteiger partial charge >= 0.3 is 5.82 Å². The fraction of sp³-hybridized carbons (Fsp3) is 0.700.